The summed E-state index contributed by atoms with van der Waals surface area (Å²) in [5.74, 6) is 0. The van der Waals surface area contributed by atoms with Crippen molar-refractivity contribution in [2.75, 3.05) is 4.90 Å². The van der Waals surface area contributed by atoms with Gasteiger partial charge < -0.3 is 4.90 Å². The third-order valence-electron chi connectivity index (χ3n) is 2.75. The van der Waals surface area contributed by atoms with Crippen molar-refractivity contribution in [2.45, 2.75) is 26.8 Å². The van der Waals surface area contributed by atoms with Crippen LogP contribution in [0.4, 0.5) is 11.4 Å². The molecule has 0 bridgehead atoms. The second-order valence-electron chi connectivity index (χ2n) is 4.51. The van der Waals surface area contributed by atoms with Crippen LogP contribution in [0.25, 0.3) is 0 Å². The van der Waals surface area contributed by atoms with Gasteiger partial charge in [-0.25, -0.2) is 0 Å². The highest BCUT2D eigenvalue weighted by Gasteiger charge is 2.12. The SMILES string of the molecule is Cc1ccc(N(c2cccnc2)C(C)C)cc1. The second-order valence-corrected chi connectivity index (χ2v) is 4.51. The fraction of sp³-hybridized carbons (Fsp3) is 0.267. The van der Waals surface area contributed by atoms with Crippen LogP contribution in [0.1, 0.15) is 19.4 Å². The first-order valence-corrected chi connectivity index (χ1v) is 5.94. The largest absolute Gasteiger partial charge is 0.338 e. The molecule has 2 aromatic rings. The van der Waals surface area contributed by atoms with E-state index in [1.54, 1.807) is 6.20 Å². The van der Waals surface area contributed by atoms with E-state index in [0.717, 1.165) is 5.69 Å². The Hall–Kier alpha value is -1.83. The molecule has 1 aromatic carbocycles. The molecule has 0 fully saturated rings. The van der Waals surface area contributed by atoms with Crippen LogP contribution in [-0.2, 0) is 0 Å². The number of hydrogen-bond acceptors (Lipinski definition) is 2. The number of aryl methyl sites for hydroxylation is 1. The molecule has 1 heterocycles. The molecule has 2 rings (SSSR count). The quantitative estimate of drug-likeness (QED) is 0.788. The Labute approximate surface area is 103 Å². The van der Waals surface area contributed by atoms with Crippen LogP contribution in [0, 0.1) is 6.92 Å². The molecule has 88 valence electrons. The third kappa shape index (κ3) is 2.64. The van der Waals surface area contributed by atoms with Crippen LogP contribution in [0.3, 0.4) is 0 Å². The van der Waals surface area contributed by atoms with Gasteiger partial charge in [-0.2, -0.15) is 0 Å². The first kappa shape index (κ1) is 11.6. The standard InChI is InChI=1S/C15H18N2/c1-12(2)17(15-5-4-10-16-11-15)14-8-6-13(3)7-9-14/h4-12H,1-3H3. The number of pyridine rings is 1. The maximum absolute atomic E-state index is 4.19. The minimum Gasteiger partial charge on any atom is -0.338 e. The molecular weight excluding hydrogens is 208 g/mol. The van der Waals surface area contributed by atoms with Gasteiger partial charge in [0.25, 0.3) is 0 Å². The Balaban J connectivity index is 2.39. The van der Waals surface area contributed by atoms with Crippen LogP contribution in [0.5, 0.6) is 0 Å². The lowest BCUT2D eigenvalue weighted by Crippen LogP contribution is -2.25. The van der Waals surface area contributed by atoms with E-state index in [-0.39, 0.29) is 0 Å². The van der Waals surface area contributed by atoms with Crippen LogP contribution in [-0.4, -0.2) is 11.0 Å². The lowest BCUT2D eigenvalue weighted by Gasteiger charge is -2.28. The van der Waals surface area contributed by atoms with Gasteiger partial charge >= 0.3 is 0 Å². The highest BCUT2D eigenvalue weighted by Crippen LogP contribution is 2.27. The van der Waals surface area contributed by atoms with E-state index >= 15 is 0 Å². The Morgan fingerprint density at radius 3 is 2.24 bits per heavy atom. The number of aromatic nitrogens is 1. The Kier molecular flexibility index (Phi) is 3.43. The number of anilines is 2. The van der Waals surface area contributed by atoms with Gasteiger partial charge in [-0.05, 0) is 45.0 Å². The minimum atomic E-state index is 0.405. The summed E-state index contributed by atoms with van der Waals surface area (Å²) in [5, 5.41) is 0. The maximum Gasteiger partial charge on any atom is 0.0599 e. The summed E-state index contributed by atoms with van der Waals surface area (Å²) in [6.07, 6.45) is 3.71. The van der Waals surface area contributed by atoms with Crippen molar-refractivity contribution in [1.82, 2.24) is 4.98 Å². The summed E-state index contributed by atoms with van der Waals surface area (Å²) in [5.41, 5.74) is 3.62. The average Bonchev–Trinajstić information content (AvgIpc) is 2.33. The lowest BCUT2D eigenvalue weighted by atomic mass is 10.1. The van der Waals surface area contributed by atoms with E-state index in [1.807, 2.05) is 12.3 Å². The van der Waals surface area contributed by atoms with Crippen LogP contribution >= 0.6 is 0 Å². The molecule has 0 spiro atoms. The summed E-state index contributed by atoms with van der Waals surface area (Å²) in [6, 6.07) is 13.1. The summed E-state index contributed by atoms with van der Waals surface area (Å²) in [4.78, 5) is 6.47. The number of benzene rings is 1. The third-order valence-corrected chi connectivity index (χ3v) is 2.75. The molecule has 0 saturated heterocycles. The molecule has 0 saturated carbocycles. The van der Waals surface area contributed by atoms with E-state index in [4.69, 9.17) is 0 Å². The predicted octanol–water partition coefficient (Wildman–Crippen LogP) is 3.94. The molecule has 0 amide bonds. The van der Waals surface area contributed by atoms with Crippen LogP contribution in [0.15, 0.2) is 48.8 Å². The fourth-order valence-corrected chi connectivity index (χ4v) is 1.95. The highest BCUT2D eigenvalue weighted by molar-refractivity contribution is 5.63. The van der Waals surface area contributed by atoms with Crippen molar-refractivity contribution in [3.05, 3.63) is 54.4 Å². The van der Waals surface area contributed by atoms with Crippen molar-refractivity contribution >= 4 is 11.4 Å². The van der Waals surface area contributed by atoms with Gasteiger partial charge in [-0.15, -0.1) is 0 Å². The molecule has 17 heavy (non-hydrogen) atoms. The summed E-state index contributed by atoms with van der Waals surface area (Å²) >= 11 is 0. The predicted molar refractivity (Wildman–Crippen MR) is 72.7 cm³/mol. The minimum absolute atomic E-state index is 0.405. The number of hydrogen-bond donors (Lipinski definition) is 0. The molecule has 0 atom stereocenters. The maximum atomic E-state index is 4.19. The van der Waals surface area contributed by atoms with E-state index in [0.29, 0.717) is 6.04 Å². The van der Waals surface area contributed by atoms with E-state index in [1.165, 1.54) is 11.3 Å². The van der Waals surface area contributed by atoms with Crippen LogP contribution < -0.4 is 4.90 Å². The van der Waals surface area contributed by atoms with Gasteiger partial charge in [0, 0.05) is 17.9 Å². The topological polar surface area (TPSA) is 16.1 Å². The molecular formula is C15H18N2. The normalized spacial score (nSPS) is 10.6. The zero-order chi connectivity index (χ0) is 12.3. The van der Waals surface area contributed by atoms with Crippen molar-refractivity contribution in [3.8, 4) is 0 Å². The Morgan fingerprint density at radius 2 is 1.71 bits per heavy atom. The molecule has 2 nitrogen and oxygen atoms in total. The molecule has 0 N–H and O–H groups in total. The molecule has 0 aliphatic carbocycles. The monoisotopic (exact) mass is 226 g/mol. The smallest absolute Gasteiger partial charge is 0.0599 e. The van der Waals surface area contributed by atoms with Gasteiger partial charge in [-0.3, -0.25) is 4.98 Å². The molecule has 0 radical (unpaired) electrons. The first-order valence-electron chi connectivity index (χ1n) is 5.94. The number of rotatable bonds is 3. The molecule has 2 heteroatoms. The van der Waals surface area contributed by atoms with Gasteiger partial charge in [0.1, 0.15) is 0 Å². The summed E-state index contributed by atoms with van der Waals surface area (Å²) in [6.45, 7) is 6.48. The Bertz CT molecular complexity index is 460. The van der Waals surface area contributed by atoms with Crippen molar-refractivity contribution in [3.63, 3.8) is 0 Å². The molecule has 1 aromatic heterocycles. The first-order chi connectivity index (χ1) is 8.18. The van der Waals surface area contributed by atoms with E-state index in [2.05, 4.69) is 61.0 Å². The van der Waals surface area contributed by atoms with E-state index in [9.17, 15) is 0 Å². The van der Waals surface area contributed by atoms with Gasteiger partial charge in [0.2, 0.25) is 0 Å². The Morgan fingerprint density at radius 1 is 1.00 bits per heavy atom. The highest BCUT2D eigenvalue weighted by atomic mass is 15.2. The van der Waals surface area contributed by atoms with Crippen LogP contribution in [0.2, 0.25) is 0 Å². The fourth-order valence-electron chi connectivity index (χ4n) is 1.95. The van der Waals surface area contributed by atoms with E-state index < -0.39 is 0 Å². The average molecular weight is 226 g/mol. The van der Waals surface area contributed by atoms with Crippen molar-refractivity contribution < 1.29 is 0 Å². The number of nitrogens with zero attached hydrogens (tertiary/aromatic N) is 2. The summed E-state index contributed by atoms with van der Waals surface area (Å²) < 4.78 is 0. The van der Waals surface area contributed by atoms with Crippen molar-refractivity contribution in [2.24, 2.45) is 0 Å². The molecule has 0 unspecified atom stereocenters. The molecule has 0 aliphatic heterocycles. The summed E-state index contributed by atoms with van der Waals surface area (Å²) in [7, 11) is 0. The lowest BCUT2D eigenvalue weighted by molar-refractivity contribution is 0.787. The zero-order valence-electron chi connectivity index (χ0n) is 10.6. The second kappa shape index (κ2) is 5.00. The molecule has 0 aliphatic rings. The van der Waals surface area contributed by atoms with Crippen molar-refractivity contribution in [1.29, 1.82) is 0 Å². The van der Waals surface area contributed by atoms with Gasteiger partial charge in [0.05, 0.1) is 11.9 Å². The van der Waals surface area contributed by atoms with Gasteiger partial charge in [-0.1, -0.05) is 17.7 Å². The zero-order valence-corrected chi connectivity index (χ0v) is 10.6. The van der Waals surface area contributed by atoms with Gasteiger partial charge in [0.15, 0.2) is 0 Å².